The molecule has 1 aliphatic rings. The fourth-order valence-corrected chi connectivity index (χ4v) is 3.85. The van der Waals surface area contributed by atoms with Crippen LogP contribution in [0.2, 0.25) is 5.02 Å². The third-order valence-electron chi connectivity index (χ3n) is 5.25. The third-order valence-corrected chi connectivity index (χ3v) is 5.80. The van der Waals surface area contributed by atoms with E-state index in [1.165, 1.54) is 6.20 Å². The minimum atomic E-state index is -0.456. The molecule has 0 saturated heterocycles. The van der Waals surface area contributed by atoms with E-state index in [9.17, 15) is 15.0 Å². The number of nitrogens with zero attached hydrogens (tertiary/aromatic N) is 1. The van der Waals surface area contributed by atoms with Crippen molar-refractivity contribution in [2.24, 2.45) is 5.92 Å². The van der Waals surface area contributed by atoms with Gasteiger partial charge < -0.3 is 25.8 Å². The van der Waals surface area contributed by atoms with Crippen LogP contribution in [0.5, 0.6) is 0 Å². The van der Waals surface area contributed by atoms with Gasteiger partial charge in [0.05, 0.1) is 30.3 Å². The van der Waals surface area contributed by atoms with E-state index in [-0.39, 0.29) is 31.1 Å². The number of aromatic nitrogens is 2. The highest BCUT2D eigenvalue weighted by Gasteiger charge is 2.23. The van der Waals surface area contributed by atoms with Crippen LogP contribution in [0, 0.1) is 5.92 Å². The molecule has 2 heterocycles. The van der Waals surface area contributed by atoms with Gasteiger partial charge in [0.15, 0.2) is 0 Å². The quantitative estimate of drug-likeness (QED) is 0.388. The van der Waals surface area contributed by atoms with Crippen molar-refractivity contribution in [3.05, 3.63) is 58.5 Å². The molecule has 0 spiro atoms. The van der Waals surface area contributed by atoms with Crippen molar-refractivity contribution in [3.8, 4) is 11.1 Å². The molecule has 5 N–H and O–H groups in total. The molecule has 0 bridgehead atoms. The number of carbonyl (C=O) groups excluding carboxylic acids is 1. The molecule has 1 unspecified atom stereocenters. The molecule has 0 radical (unpaired) electrons. The summed E-state index contributed by atoms with van der Waals surface area (Å²) < 4.78 is 0. The number of aliphatic hydroxyl groups is 2. The SMILES string of the molecule is CC[C@@H](CO)Nc1cc(-c2c[nH]c(C(=O)N[C@H](CO)C3C=C(Cl)C=CC3)c2)c(Cl)cn1. The lowest BCUT2D eigenvalue weighted by Gasteiger charge is -2.24. The first-order valence-corrected chi connectivity index (χ1v) is 10.9. The number of aromatic amines is 1. The Morgan fingerprint density at radius 2 is 2.13 bits per heavy atom. The van der Waals surface area contributed by atoms with Crippen molar-refractivity contribution < 1.29 is 15.0 Å². The lowest BCUT2D eigenvalue weighted by Crippen LogP contribution is -2.42. The van der Waals surface area contributed by atoms with E-state index in [0.29, 0.717) is 33.6 Å². The van der Waals surface area contributed by atoms with E-state index in [1.54, 1.807) is 24.4 Å². The zero-order valence-corrected chi connectivity index (χ0v) is 18.6. The molecule has 0 aromatic carbocycles. The standard InChI is InChI=1S/C22H26Cl2N4O3/c1-2-16(11-29)27-21-8-17(18(24)10-26-21)14-7-19(25-9-14)22(31)28-20(12-30)13-4-3-5-15(23)6-13/h3,5-10,13,16,20,25,29-30H,2,4,11-12H2,1H3,(H,26,27)(H,28,31)/t13?,16-,20+/m0/s1. The van der Waals surface area contributed by atoms with Crippen LogP contribution in [0.3, 0.4) is 0 Å². The van der Waals surface area contributed by atoms with Gasteiger partial charge in [-0.05, 0) is 31.1 Å². The summed E-state index contributed by atoms with van der Waals surface area (Å²) in [5.74, 6) is 0.170. The number of aliphatic hydroxyl groups excluding tert-OH is 2. The number of H-pyrrole nitrogens is 1. The molecule has 0 saturated carbocycles. The lowest BCUT2D eigenvalue weighted by atomic mass is 9.93. The van der Waals surface area contributed by atoms with Crippen LogP contribution in [0.1, 0.15) is 30.3 Å². The first-order valence-electron chi connectivity index (χ1n) is 10.1. The number of pyridine rings is 1. The summed E-state index contributed by atoms with van der Waals surface area (Å²) in [5, 5.41) is 26.2. The molecule has 0 aliphatic heterocycles. The minimum absolute atomic E-state index is 0.00613. The van der Waals surface area contributed by atoms with E-state index >= 15 is 0 Å². The minimum Gasteiger partial charge on any atom is -0.394 e. The number of halogens is 2. The molecule has 0 fully saturated rings. The number of amides is 1. The van der Waals surface area contributed by atoms with E-state index in [2.05, 4.69) is 20.6 Å². The average molecular weight is 465 g/mol. The maximum atomic E-state index is 12.7. The summed E-state index contributed by atoms with van der Waals surface area (Å²) in [7, 11) is 0. The summed E-state index contributed by atoms with van der Waals surface area (Å²) in [5.41, 5.74) is 1.77. The molecular weight excluding hydrogens is 439 g/mol. The van der Waals surface area contributed by atoms with Gasteiger partial charge in [-0.25, -0.2) is 4.98 Å². The summed E-state index contributed by atoms with van der Waals surface area (Å²) in [6.45, 7) is 1.76. The number of nitrogens with one attached hydrogen (secondary N) is 3. The maximum Gasteiger partial charge on any atom is 0.268 e. The van der Waals surface area contributed by atoms with Crippen LogP contribution in [0.15, 0.2) is 47.8 Å². The van der Waals surface area contributed by atoms with E-state index in [1.807, 2.05) is 19.1 Å². The molecule has 1 aliphatic carbocycles. The lowest BCUT2D eigenvalue weighted by molar-refractivity contribution is 0.0895. The molecule has 3 atom stereocenters. The number of carbonyl (C=O) groups is 1. The summed E-state index contributed by atoms with van der Waals surface area (Å²) in [4.78, 5) is 20.0. The van der Waals surface area contributed by atoms with Gasteiger partial charge in [-0.2, -0.15) is 0 Å². The predicted octanol–water partition coefficient (Wildman–Crippen LogP) is 3.70. The second-order valence-electron chi connectivity index (χ2n) is 7.40. The molecule has 1 amide bonds. The predicted molar refractivity (Wildman–Crippen MR) is 123 cm³/mol. The second-order valence-corrected chi connectivity index (χ2v) is 8.24. The Morgan fingerprint density at radius 3 is 2.81 bits per heavy atom. The Morgan fingerprint density at radius 1 is 1.32 bits per heavy atom. The average Bonchev–Trinajstić information content (AvgIpc) is 3.27. The smallest absolute Gasteiger partial charge is 0.268 e. The highest BCUT2D eigenvalue weighted by Crippen LogP contribution is 2.30. The van der Waals surface area contributed by atoms with Crippen molar-refractivity contribution in [2.45, 2.75) is 31.8 Å². The van der Waals surface area contributed by atoms with E-state index < -0.39 is 6.04 Å². The summed E-state index contributed by atoms with van der Waals surface area (Å²) in [6.07, 6.45) is 10.2. The number of anilines is 1. The molecule has 9 heteroatoms. The monoisotopic (exact) mass is 464 g/mol. The number of hydrogen-bond donors (Lipinski definition) is 5. The zero-order chi connectivity index (χ0) is 22.4. The topological polar surface area (TPSA) is 110 Å². The Hall–Kier alpha value is -2.32. The van der Waals surface area contributed by atoms with Crippen molar-refractivity contribution in [2.75, 3.05) is 18.5 Å². The Balaban J connectivity index is 1.75. The number of hydrogen-bond acceptors (Lipinski definition) is 5. The highest BCUT2D eigenvalue weighted by molar-refractivity contribution is 6.33. The Labute approximate surface area is 191 Å². The van der Waals surface area contributed by atoms with Gasteiger partial charge in [0, 0.05) is 34.5 Å². The van der Waals surface area contributed by atoms with Gasteiger partial charge >= 0.3 is 0 Å². The van der Waals surface area contributed by atoms with Gasteiger partial charge in [0.25, 0.3) is 5.91 Å². The zero-order valence-electron chi connectivity index (χ0n) is 17.1. The molecule has 166 valence electrons. The van der Waals surface area contributed by atoms with Gasteiger partial charge in [0.1, 0.15) is 11.5 Å². The normalized spacial score (nSPS) is 17.7. The largest absolute Gasteiger partial charge is 0.394 e. The van der Waals surface area contributed by atoms with E-state index in [4.69, 9.17) is 23.2 Å². The van der Waals surface area contributed by atoms with Crippen molar-refractivity contribution >= 4 is 34.9 Å². The van der Waals surface area contributed by atoms with E-state index in [0.717, 1.165) is 12.0 Å². The van der Waals surface area contributed by atoms with Gasteiger partial charge in [-0.1, -0.05) is 42.3 Å². The highest BCUT2D eigenvalue weighted by atomic mass is 35.5. The van der Waals surface area contributed by atoms with Crippen molar-refractivity contribution in [1.82, 2.24) is 15.3 Å². The molecular formula is C22H26Cl2N4O3. The van der Waals surface area contributed by atoms with Crippen LogP contribution in [-0.4, -0.2) is 51.4 Å². The molecule has 7 nitrogen and oxygen atoms in total. The maximum absolute atomic E-state index is 12.7. The molecule has 31 heavy (non-hydrogen) atoms. The van der Waals surface area contributed by atoms with Gasteiger partial charge in [-0.3, -0.25) is 4.79 Å². The van der Waals surface area contributed by atoms with Crippen LogP contribution < -0.4 is 10.6 Å². The molecule has 2 aromatic rings. The first-order chi connectivity index (χ1) is 14.9. The first kappa shape index (κ1) is 23.3. The van der Waals surface area contributed by atoms with Gasteiger partial charge in [-0.15, -0.1) is 0 Å². The van der Waals surface area contributed by atoms with Crippen LogP contribution in [0.4, 0.5) is 5.82 Å². The second kappa shape index (κ2) is 10.8. The van der Waals surface area contributed by atoms with Crippen molar-refractivity contribution in [1.29, 1.82) is 0 Å². The van der Waals surface area contributed by atoms with Crippen LogP contribution >= 0.6 is 23.2 Å². The summed E-state index contributed by atoms with van der Waals surface area (Å²) in [6, 6.07) is 2.91. The number of rotatable bonds is 9. The van der Waals surface area contributed by atoms with Gasteiger partial charge in [0.2, 0.25) is 0 Å². The third kappa shape index (κ3) is 5.89. The number of allylic oxidation sites excluding steroid dienone is 3. The van der Waals surface area contributed by atoms with Crippen molar-refractivity contribution in [3.63, 3.8) is 0 Å². The summed E-state index contributed by atoms with van der Waals surface area (Å²) >= 11 is 12.4. The molecule has 3 rings (SSSR count). The fraction of sp³-hybridized carbons (Fsp3) is 0.364. The Kier molecular flexibility index (Phi) is 8.15. The van der Waals surface area contributed by atoms with Crippen LogP contribution in [-0.2, 0) is 0 Å². The fourth-order valence-electron chi connectivity index (χ4n) is 3.39. The van der Waals surface area contributed by atoms with Crippen LogP contribution in [0.25, 0.3) is 11.1 Å². The molecule has 2 aromatic heterocycles. The Bertz CT molecular complexity index is 969.